The van der Waals surface area contributed by atoms with E-state index in [9.17, 15) is 13.6 Å². The first kappa shape index (κ1) is 18.9. The summed E-state index contributed by atoms with van der Waals surface area (Å²) >= 11 is 1.54. The lowest BCUT2D eigenvalue weighted by molar-refractivity contribution is -0.116. The van der Waals surface area contributed by atoms with Crippen LogP contribution >= 0.6 is 11.3 Å². The second-order valence-corrected chi connectivity index (χ2v) is 5.84. The van der Waals surface area contributed by atoms with E-state index in [2.05, 4.69) is 15.0 Å². The number of nitrogens with zero attached hydrogens (tertiary/aromatic N) is 1. The van der Waals surface area contributed by atoms with Gasteiger partial charge >= 0.3 is 6.61 Å². The highest BCUT2D eigenvalue weighted by molar-refractivity contribution is 7.09. The summed E-state index contributed by atoms with van der Waals surface area (Å²) in [6, 6.07) is 4.68. The number of methoxy groups -OCH3 is 1. The van der Waals surface area contributed by atoms with Crippen molar-refractivity contribution in [2.45, 2.75) is 26.5 Å². The minimum atomic E-state index is -2.99. The third-order valence-corrected chi connectivity index (χ3v) is 4.24. The molecule has 0 fully saturated rings. The molecular weight excluding hydrogens is 350 g/mol. The summed E-state index contributed by atoms with van der Waals surface area (Å²) in [6.07, 6.45) is 3.50. The first-order valence-electron chi connectivity index (χ1n) is 7.54. The highest BCUT2D eigenvalue weighted by atomic mass is 32.1. The predicted octanol–water partition coefficient (Wildman–Crippen LogP) is 3.65. The van der Waals surface area contributed by atoms with Crippen molar-refractivity contribution in [3.05, 3.63) is 45.9 Å². The van der Waals surface area contributed by atoms with Gasteiger partial charge in [0.2, 0.25) is 5.91 Å². The lowest BCUT2D eigenvalue weighted by Gasteiger charge is -2.12. The summed E-state index contributed by atoms with van der Waals surface area (Å²) in [7, 11) is 1.35. The molecule has 0 bridgehead atoms. The third kappa shape index (κ3) is 5.53. The Bertz CT molecular complexity index is 747. The smallest absolute Gasteiger partial charge is 0.387 e. The van der Waals surface area contributed by atoms with Gasteiger partial charge in [-0.3, -0.25) is 4.79 Å². The highest BCUT2D eigenvalue weighted by Crippen LogP contribution is 2.33. The number of benzene rings is 1. The maximum Gasteiger partial charge on any atom is 0.387 e. The van der Waals surface area contributed by atoms with Crippen LogP contribution in [0.25, 0.3) is 6.08 Å². The van der Waals surface area contributed by atoms with Crippen LogP contribution in [0.3, 0.4) is 0 Å². The van der Waals surface area contributed by atoms with Crippen LogP contribution in [0.15, 0.2) is 29.7 Å². The molecule has 1 aromatic carbocycles. The van der Waals surface area contributed by atoms with Crippen LogP contribution in [0.4, 0.5) is 8.78 Å². The Morgan fingerprint density at radius 1 is 1.44 bits per heavy atom. The lowest BCUT2D eigenvalue weighted by Crippen LogP contribution is -2.20. The number of halogens is 2. The standard InChI is InChI=1S/C17H18F2N2O3S/c1-3-15-21-12(10-25-15)9-20-14(22)8-7-11-5-4-6-13(23-2)16(11)24-17(18)19/h4-8,10,17H,3,9H2,1-2H3,(H,20,22)/b8-7+. The molecule has 2 aromatic rings. The van der Waals surface area contributed by atoms with Crippen molar-refractivity contribution in [1.82, 2.24) is 10.3 Å². The Balaban J connectivity index is 2.03. The molecule has 0 saturated carbocycles. The van der Waals surface area contributed by atoms with Crippen LogP contribution < -0.4 is 14.8 Å². The van der Waals surface area contributed by atoms with Gasteiger partial charge in [-0.25, -0.2) is 4.98 Å². The molecule has 5 nitrogen and oxygen atoms in total. The maximum atomic E-state index is 12.6. The van der Waals surface area contributed by atoms with Crippen LogP contribution in [-0.4, -0.2) is 24.6 Å². The summed E-state index contributed by atoms with van der Waals surface area (Å²) < 4.78 is 34.6. The topological polar surface area (TPSA) is 60.5 Å². The number of aromatic nitrogens is 1. The quantitative estimate of drug-likeness (QED) is 0.723. The molecule has 1 amide bonds. The Labute approximate surface area is 148 Å². The number of nitrogens with one attached hydrogen (secondary N) is 1. The van der Waals surface area contributed by atoms with E-state index in [4.69, 9.17) is 4.74 Å². The van der Waals surface area contributed by atoms with E-state index in [1.54, 1.807) is 23.5 Å². The van der Waals surface area contributed by atoms with E-state index in [-0.39, 0.29) is 17.4 Å². The second-order valence-electron chi connectivity index (χ2n) is 4.89. The summed E-state index contributed by atoms with van der Waals surface area (Å²) in [5, 5.41) is 5.59. The molecule has 2 rings (SSSR count). The summed E-state index contributed by atoms with van der Waals surface area (Å²) in [5.41, 5.74) is 1.10. The molecule has 134 valence electrons. The largest absolute Gasteiger partial charge is 0.493 e. The predicted molar refractivity (Wildman–Crippen MR) is 92.0 cm³/mol. The van der Waals surface area contributed by atoms with Crippen molar-refractivity contribution >= 4 is 23.3 Å². The van der Waals surface area contributed by atoms with Crippen molar-refractivity contribution in [1.29, 1.82) is 0 Å². The van der Waals surface area contributed by atoms with E-state index in [0.717, 1.165) is 17.1 Å². The number of amides is 1. The van der Waals surface area contributed by atoms with E-state index in [0.29, 0.717) is 12.1 Å². The Morgan fingerprint density at radius 2 is 2.24 bits per heavy atom. The molecule has 0 radical (unpaired) electrons. The number of carbonyl (C=O) groups is 1. The first-order valence-corrected chi connectivity index (χ1v) is 8.42. The van der Waals surface area contributed by atoms with Crippen LogP contribution in [-0.2, 0) is 17.8 Å². The molecule has 0 atom stereocenters. The van der Waals surface area contributed by atoms with Crippen LogP contribution in [0, 0.1) is 0 Å². The molecule has 0 aliphatic heterocycles. The maximum absolute atomic E-state index is 12.6. The van der Waals surface area contributed by atoms with Crippen molar-refractivity contribution < 1.29 is 23.0 Å². The number of para-hydroxylation sites is 1. The number of rotatable bonds is 8. The Morgan fingerprint density at radius 3 is 2.88 bits per heavy atom. The zero-order chi connectivity index (χ0) is 18.2. The highest BCUT2D eigenvalue weighted by Gasteiger charge is 2.14. The normalized spacial score (nSPS) is 11.1. The molecule has 0 spiro atoms. The number of aryl methyl sites for hydroxylation is 1. The van der Waals surface area contributed by atoms with E-state index in [1.165, 1.54) is 25.3 Å². The molecule has 0 aliphatic rings. The van der Waals surface area contributed by atoms with Gasteiger partial charge in [-0.05, 0) is 18.6 Å². The van der Waals surface area contributed by atoms with E-state index >= 15 is 0 Å². The monoisotopic (exact) mass is 368 g/mol. The average molecular weight is 368 g/mol. The summed E-state index contributed by atoms with van der Waals surface area (Å²) in [5.74, 6) is -0.314. The molecule has 0 saturated heterocycles. The molecule has 25 heavy (non-hydrogen) atoms. The van der Waals surface area contributed by atoms with Gasteiger partial charge in [-0.2, -0.15) is 8.78 Å². The van der Waals surface area contributed by atoms with Gasteiger partial charge in [0.15, 0.2) is 11.5 Å². The lowest BCUT2D eigenvalue weighted by atomic mass is 10.1. The van der Waals surface area contributed by atoms with Gasteiger partial charge < -0.3 is 14.8 Å². The van der Waals surface area contributed by atoms with Gasteiger partial charge in [-0.1, -0.05) is 19.1 Å². The summed E-state index contributed by atoms with van der Waals surface area (Å²) in [4.78, 5) is 16.3. The minimum Gasteiger partial charge on any atom is -0.493 e. The third-order valence-electron chi connectivity index (χ3n) is 3.20. The van der Waals surface area contributed by atoms with Crippen LogP contribution in [0.5, 0.6) is 11.5 Å². The molecule has 1 N–H and O–H groups in total. The fourth-order valence-corrected chi connectivity index (χ4v) is 2.78. The summed E-state index contributed by atoms with van der Waals surface area (Å²) in [6.45, 7) is -0.676. The SMILES string of the molecule is CCc1nc(CNC(=O)/C=C/c2cccc(OC)c2OC(F)F)cs1. The van der Waals surface area contributed by atoms with E-state index in [1.807, 2.05) is 12.3 Å². The van der Waals surface area contributed by atoms with Gasteiger partial charge in [0, 0.05) is 17.0 Å². The minimum absolute atomic E-state index is 0.115. The zero-order valence-electron chi connectivity index (χ0n) is 13.8. The molecule has 8 heteroatoms. The van der Waals surface area contributed by atoms with Crippen molar-refractivity contribution in [3.8, 4) is 11.5 Å². The van der Waals surface area contributed by atoms with Gasteiger partial charge in [0.25, 0.3) is 0 Å². The zero-order valence-corrected chi connectivity index (χ0v) is 14.6. The second kappa shape index (κ2) is 9.12. The Kier molecular flexibility index (Phi) is 6.88. The van der Waals surface area contributed by atoms with Gasteiger partial charge in [0.1, 0.15) is 0 Å². The first-order chi connectivity index (χ1) is 12.0. The van der Waals surface area contributed by atoms with Crippen LogP contribution in [0.1, 0.15) is 23.2 Å². The number of hydrogen-bond donors (Lipinski definition) is 1. The van der Waals surface area contributed by atoms with E-state index < -0.39 is 6.61 Å². The molecular formula is C17H18F2N2O3S. The fourth-order valence-electron chi connectivity index (χ4n) is 2.03. The van der Waals surface area contributed by atoms with Crippen molar-refractivity contribution in [3.63, 3.8) is 0 Å². The number of thiazole rings is 1. The number of alkyl halides is 2. The van der Waals surface area contributed by atoms with Crippen molar-refractivity contribution in [2.75, 3.05) is 7.11 Å². The molecule has 1 aromatic heterocycles. The fraction of sp³-hybridized carbons (Fsp3) is 0.294. The molecule has 0 unspecified atom stereocenters. The molecule has 0 aliphatic carbocycles. The number of hydrogen-bond acceptors (Lipinski definition) is 5. The van der Waals surface area contributed by atoms with Crippen LogP contribution in [0.2, 0.25) is 0 Å². The average Bonchev–Trinajstić information content (AvgIpc) is 3.06. The van der Waals surface area contributed by atoms with Crippen molar-refractivity contribution in [2.24, 2.45) is 0 Å². The molecule has 1 heterocycles. The van der Waals surface area contributed by atoms with Gasteiger partial charge in [0.05, 0.1) is 24.4 Å². The number of ether oxygens (including phenoxy) is 2. The Hall–Kier alpha value is -2.48. The van der Waals surface area contributed by atoms with Gasteiger partial charge in [-0.15, -0.1) is 11.3 Å². The number of carbonyl (C=O) groups excluding carboxylic acids is 1.